The largest absolute Gasteiger partial charge is 0.413 e. The summed E-state index contributed by atoms with van der Waals surface area (Å²) in [6.45, 7) is 0. The number of halogens is 2. The fourth-order valence-corrected chi connectivity index (χ4v) is 2.07. The number of para-hydroxylation sites is 2. The first-order chi connectivity index (χ1) is 8.75. The normalized spacial score (nSPS) is 10.2. The highest BCUT2D eigenvalue weighted by Gasteiger charge is 2.11. The Bertz CT molecular complexity index is 705. The molecule has 0 amide bonds. The number of nitrogens with zero attached hydrogens (tertiary/aromatic N) is 1. The van der Waals surface area contributed by atoms with Crippen molar-refractivity contribution in [2.45, 2.75) is 0 Å². The standard InChI is InChI=1S/C14H8ClNO2.ClH/c15-14(17)18-13-9-5-1-3-7-11(9)16-12-8-4-2-6-10(12)13;/h1-8H;1H. The molecule has 0 radical (unpaired) electrons. The van der Waals surface area contributed by atoms with Gasteiger partial charge in [-0.25, -0.2) is 9.78 Å². The Balaban J connectivity index is 0.00000133. The van der Waals surface area contributed by atoms with Crippen LogP contribution in [0.25, 0.3) is 21.8 Å². The average molecular weight is 294 g/mol. The molecule has 2 aromatic carbocycles. The molecular formula is C14H9Cl2NO2. The van der Waals surface area contributed by atoms with Crippen LogP contribution >= 0.6 is 24.0 Å². The van der Waals surface area contributed by atoms with Crippen LogP contribution in [0.4, 0.5) is 4.79 Å². The van der Waals surface area contributed by atoms with Crippen LogP contribution in [0.2, 0.25) is 0 Å². The van der Waals surface area contributed by atoms with Crippen molar-refractivity contribution in [3.8, 4) is 5.75 Å². The molecule has 96 valence electrons. The number of hydrogen-bond donors (Lipinski definition) is 0. The lowest BCUT2D eigenvalue weighted by Crippen LogP contribution is -1.98. The number of aromatic nitrogens is 1. The Labute approximate surface area is 120 Å². The van der Waals surface area contributed by atoms with Crippen molar-refractivity contribution < 1.29 is 9.53 Å². The molecule has 0 bridgehead atoms. The van der Waals surface area contributed by atoms with E-state index in [2.05, 4.69) is 4.98 Å². The summed E-state index contributed by atoms with van der Waals surface area (Å²) in [7, 11) is 0. The first kappa shape index (κ1) is 13.6. The van der Waals surface area contributed by atoms with Crippen molar-refractivity contribution in [3.05, 3.63) is 48.5 Å². The van der Waals surface area contributed by atoms with Crippen LogP contribution < -0.4 is 4.74 Å². The van der Waals surface area contributed by atoms with E-state index < -0.39 is 5.43 Å². The Morgan fingerprint density at radius 3 is 1.89 bits per heavy atom. The van der Waals surface area contributed by atoms with Crippen molar-refractivity contribution in [2.75, 3.05) is 0 Å². The predicted octanol–water partition coefficient (Wildman–Crippen LogP) is 4.55. The summed E-state index contributed by atoms with van der Waals surface area (Å²) >= 11 is 5.33. The molecule has 0 aliphatic heterocycles. The van der Waals surface area contributed by atoms with E-state index in [4.69, 9.17) is 16.3 Å². The minimum atomic E-state index is -0.850. The third-order valence-electron chi connectivity index (χ3n) is 2.72. The Morgan fingerprint density at radius 2 is 1.42 bits per heavy atom. The first-order valence-corrected chi connectivity index (χ1v) is 5.78. The topological polar surface area (TPSA) is 39.2 Å². The second-order valence-electron chi connectivity index (χ2n) is 3.81. The van der Waals surface area contributed by atoms with Gasteiger partial charge < -0.3 is 4.74 Å². The number of hydrogen-bond acceptors (Lipinski definition) is 3. The lowest BCUT2D eigenvalue weighted by molar-refractivity contribution is 0.226. The molecule has 5 heteroatoms. The van der Waals surface area contributed by atoms with Gasteiger partial charge in [0.05, 0.1) is 11.0 Å². The molecule has 0 saturated heterocycles. The summed E-state index contributed by atoms with van der Waals surface area (Å²) in [6, 6.07) is 14.9. The van der Waals surface area contributed by atoms with Gasteiger partial charge in [-0.3, -0.25) is 0 Å². The van der Waals surface area contributed by atoms with Crippen LogP contribution in [0.3, 0.4) is 0 Å². The zero-order chi connectivity index (χ0) is 12.5. The molecule has 1 aromatic heterocycles. The smallest absolute Gasteiger partial charge is 0.409 e. The number of carbonyl (C=O) groups is 1. The van der Waals surface area contributed by atoms with E-state index in [9.17, 15) is 4.79 Å². The van der Waals surface area contributed by atoms with E-state index >= 15 is 0 Å². The third kappa shape index (κ3) is 2.48. The molecule has 1 heterocycles. The van der Waals surface area contributed by atoms with E-state index in [1.54, 1.807) is 0 Å². The van der Waals surface area contributed by atoms with Crippen LogP contribution in [-0.4, -0.2) is 10.4 Å². The maximum Gasteiger partial charge on any atom is 0.409 e. The quantitative estimate of drug-likeness (QED) is 0.488. The molecule has 0 aliphatic carbocycles. The maximum absolute atomic E-state index is 11.0. The number of ether oxygens (including phenoxy) is 1. The first-order valence-electron chi connectivity index (χ1n) is 5.40. The Morgan fingerprint density at radius 1 is 0.947 bits per heavy atom. The van der Waals surface area contributed by atoms with Gasteiger partial charge in [0.2, 0.25) is 0 Å². The van der Waals surface area contributed by atoms with Crippen LogP contribution in [-0.2, 0) is 0 Å². The minimum absolute atomic E-state index is 0. The fraction of sp³-hybridized carbons (Fsp3) is 0. The van der Waals surface area contributed by atoms with Gasteiger partial charge in [-0.1, -0.05) is 24.3 Å². The van der Waals surface area contributed by atoms with E-state index in [0.717, 1.165) is 21.8 Å². The monoisotopic (exact) mass is 293 g/mol. The van der Waals surface area contributed by atoms with Gasteiger partial charge >= 0.3 is 5.43 Å². The number of benzene rings is 2. The summed E-state index contributed by atoms with van der Waals surface area (Å²) in [6.07, 6.45) is 0. The summed E-state index contributed by atoms with van der Waals surface area (Å²) < 4.78 is 5.13. The van der Waals surface area contributed by atoms with Crippen LogP contribution in [0.5, 0.6) is 5.75 Å². The van der Waals surface area contributed by atoms with Crippen LogP contribution in [0.15, 0.2) is 48.5 Å². The Hall–Kier alpha value is -1.84. The van der Waals surface area contributed by atoms with E-state index in [1.807, 2.05) is 48.5 Å². The molecule has 0 atom stereocenters. The summed E-state index contributed by atoms with van der Waals surface area (Å²) in [5.74, 6) is 0.455. The zero-order valence-corrected chi connectivity index (χ0v) is 11.2. The van der Waals surface area contributed by atoms with E-state index in [-0.39, 0.29) is 12.4 Å². The van der Waals surface area contributed by atoms with Gasteiger partial charge in [0.25, 0.3) is 0 Å². The van der Waals surface area contributed by atoms with Crippen molar-refractivity contribution >= 4 is 51.2 Å². The van der Waals surface area contributed by atoms with Crippen molar-refractivity contribution in [1.82, 2.24) is 4.98 Å². The zero-order valence-electron chi connectivity index (χ0n) is 9.67. The second kappa shape index (κ2) is 5.43. The molecule has 0 fully saturated rings. The van der Waals surface area contributed by atoms with Crippen LogP contribution in [0.1, 0.15) is 0 Å². The predicted molar refractivity (Wildman–Crippen MR) is 78.4 cm³/mol. The Kier molecular flexibility index (Phi) is 3.88. The lowest BCUT2D eigenvalue weighted by atomic mass is 10.1. The summed E-state index contributed by atoms with van der Waals surface area (Å²) in [5.41, 5.74) is 0.685. The van der Waals surface area contributed by atoms with Gasteiger partial charge in [0, 0.05) is 22.4 Å². The highest BCUT2D eigenvalue weighted by Crippen LogP contribution is 2.33. The SMILES string of the molecule is Cl.O=C(Cl)Oc1c2ccccc2nc2ccccc12. The summed E-state index contributed by atoms with van der Waals surface area (Å²) in [5, 5.41) is 1.54. The number of fused-ring (bicyclic) bond motifs is 2. The highest BCUT2D eigenvalue weighted by atomic mass is 35.5. The molecular weight excluding hydrogens is 285 g/mol. The molecule has 0 aliphatic rings. The number of pyridine rings is 1. The molecule has 3 nitrogen and oxygen atoms in total. The van der Waals surface area contributed by atoms with Gasteiger partial charge in [-0.05, 0) is 24.3 Å². The summed E-state index contributed by atoms with van der Waals surface area (Å²) in [4.78, 5) is 15.5. The average Bonchev–Trinajstić information content (AvgIpc) is 2.38. The van der Waals surface area contributed by atoms with Crippen molar-refractivity contribution in [1.29, 1.82) is 0 Å². The van der Waals surface area contributed by atoms with E-state index in [1.165, 1.54) is 0 Å². The molecule has 3 aromatic rings. The number of carbonyl (C=O) groups excluding carboxylic acids is 1. The highest BCUT2D eigenvalue weighted by molar-refractivity contribution is 6.61. The molecule has 0 unspecified atom stereocenters. The van der Waals surface area contributed by atoms with E-state index in [0.29, 0.717) is 5.75 Å². The molecule has 19 heavy (non-hydrogen) atoms. The maximum atomic E-state index is 11.0. The third-order valence-corrected chi connectivity index (χ3v) is 2.80. The molecule has 0 spiro atoms. The molecule has 0 N–H and O–H groups in total. The fourth-order valence-electron chi connectivity index (χ4n) is 1.99. The number of rotatable bonds is 1. The minimum Gasteiger partial charge on any atom is -0.413 e. The molecule has 3 rings (SSSR count). The molecule has 0 saturated carbocycles. The van der Waals surface area contributed by atoms with Gasteiger partial charge in [-0.15, -0.1) is 12.4 Å². The second-order valence-corrected chi connectivity index (χ2v) is 4.12. The van der Waals surface area contributed by atoms with Crippen LogP contribution in [0, 0.1) is 0 Å². The van der Waals surface area contributed by atoms with Gasteiger partial charge in [-0.2, -0.15) is 0 Å². The van der Waals surface area contributed by atoms with Crippen molar-refractivity contribution in [3.63, 3.8) is 0 Å². The van der Waals surface area contributed by atoms with Gasteiger partial charge in [0.1, 0.15) is 0 Å². The lowest BCUT2D eigenvalue weighted by Gasteiger charge is -2.08. The van der Waals surface area contributed by atoms with Crippen molar-refractivity contribution in [2.24, 2.45) is 0 Å². The van der Waals surface area contributed by atoms with Gasteiger partial charge in [0.15, 0.2) is 5.75 Å².